The van der Waals surface area contributed by atoms with Crippen LogP contribution in [0.2, 0.25) is 0 Å². The topological polar surface area (TPSA) is 23.5 Å². The van der Waals surface area contributed by atoms with Gasteiger partial charge in [0.25, 0.3) is 0 Å². The van der Waals surface area contributed by atoms with Crippen LogP contribution in [0.4, 0.5) is 8.78 Å². The maximum Gasteiger partial charge on any atom is 0.130 e. The van der Waals surface area contributed by atoms with Gasteiger partial charge in [-0.3, -0.25) is 4.90 Å². The molecule has 90 valence electrons. The minimum Gasteiger partial charge on any atom is -0.395 e. The van der Waals surface area contributed by atoms with Crippen molar-refractivity contribution in [3.05, 3.63) is 35.4 Å². The number of hydrogen-bond acceptors (Lipinski definition) is 2. The molecule has 0 saturated carbocycles. The summed E-state index contributed by atoms with van der Waals surface area (Å²) in [6.07, 6.45) is 0. The van der Waals surface area contributed by atoms with Gasteiger partial charge in [-0.1, -0.05) is 6.07 Å². The molecule has 0 unspecified atom stereocenters. The average molecular weight is 229 g/mol. The molecule has 1 aromatic carbocycles. The lowest BCUT2D eigenvalue weighted by atomic mass is 10.1. The maximum atomic E-state index is 13.4. The number of aliphatic hydroxyl groups is 1. The highest BCUT2D eigenvalue weighted by Gasteiger charge is 2.12. The first-order valence-electron chi connectivity index (χ1n) is 5.33. The van der Waals surface area contributed by atoms with E-state index < -0.39 is 11.6 Å². The Bertz CT molecular complexity index is 342. The van der Waals surface area contributed by atoms with Gasteiger partial charge in [-0.25, -0.2) is 8.78 Å². The smallest absolute Gasteiger partial charge is 0.130 e. The quantitative estimate of drug-likeness (QED) is 0.836. The summed E-state index contributed by atoms with van der Waals surface area (Å²) in [7, 11) is 0. The number of benzene rings is 1. The van der Waals surface area contributed by atoms with E-state index in [0.717, 1.165) is 6.07 Å². The fourth-order valence-electron chi connectivity index (χ4n) is 1.52. The highest BCUT2D eigenvalue weighted by molar-refractivity contribution is 5.18. The van der Waals surface area contributed by atoms with Crippen molar-refractivity contribution >= 4 is 0 Å². The Balaban J connectivity index is 2.77. The van der Waals surface area contributed by atoms with Gasteiger partial charge in [0.1, 0.15) is 11.6 Å². The molecule has 0 aliphatic rings. The van der Waals surface area contributed by atoms with E-state index in [0.29, 0.717) is 18.7 Å². The molecule has 4 heteroatoms. The number of hydrogen-bond donors (Lipinski definition) is 1. The summed E-state index contributed by atoms with van der Waals surface area (Å²) in [5.41, 5.74) is 0.448. The zero-order chi connectivity index (χ0) is 12.1. The van der Waals surface area contributed by atoms with Gasteiger partial charge in [0.2, 0.25) is 0 Å². The largest absolute Gasteiger partial charge is 0.395 e. The van der Waals surface area contributed by atoms with Gasteiger partial charge in [0, 0.05) is 30.8 Å². The van der Waals surface area contributed by atoms with Crippen molar-refractivity contribution in [1.29, 1.82) is 0 Å². The molecule has 2 nitrogen and oxygen atoms in total. The second-order valence-electron chi connectivity index (χ2n) is 4.02. The summed E-state index contributed by atoms with van der Waals surface area (Å²) in [5.74, 6) is -1.11. The van der Waals surface area contributed by atoms with Crippen molar-refractivity contribution in [2.75, 3.05) is 13.2 Å². The fourth-order valence-corrected chi connectivity index (χ4v) is 1.52. The predicted molar refractivity (Wildman–Crippen MR) is 59.0 cm³/mol. The summed E-state index contributed by atoms with van der Waals surface area (Å²) in [4.78, 5) is 1.93. The molecular formula is C12H17F2NO. The number of rotatable bonds is 5. The van der Waals surface area contributed by atoms with E-state index in [4.69, 9.17) is 5.11 Å². The van der Waals surface area contributed by atoms with Gasteiger partial charge in [-0.05, 0) is 19.9 Å². The Morgan fingerprint density at radius 1 is 1.31 bits per heavy atom. The molecule has 0 spiro atoms. The Hall–Kier alpha value is -1.00. The van der Waals surface area contributed by atoms with Crippen LogP contribution in [0.5, 0.6) is 0 Å². The molecule has 0 bridgehead atoms. The molecule has 1 N–H and O–H groups in total. The van der Waals surface area contributed by atoms with E-state index in [1.165, 1.54) is 12.1 Å². The molecule has 0 heterocycles. The SMILES string of the molecule is CC(C)N(CCO)Cc1ccc(F)cc1F. The second kappa shape index (κ2) is 5.92. The highest BCUT2D eigenvalue weighted by atomic mass is 19.1. The number of nitrogens with zero attached hydrogens (tertiary/aromatic N) is 1. The van der Waals surface area contributed by atoms with Crippen LogP contribution in [0.25, 0.3) is 0 Å². The van der Waals surface area contributed by atoms with Crippen LogP contribution in [0.1, 0.15) is 19.4 Å². The Kier molecular flexibility index (Phi) is 4.83. The monoisotopic (exact) mass is 229 g/mol. The minimum atomic E-state index is -0.570. The molecule has 0 fully saturated rings. The third kappa shape index (κ3) is 3.54. The van der Waals surface area contributed by atoms with Crippen LogP contribution < -0.4 is 0 Å². The van der Waals surface area contributed by atoms with Crippen molar-refractivity contribution in [1.82, 2.24) is 4.90 Å². The first-order valence-corrected chi connectivity index (χ1v) is 5.33. The average Bonchev–Trinajstić information content (AvgIpc) is 2.20. The lowest BCUT2D eigenvalue weighted by Gasteiger charge is -2.25. The van der Waals surface area contributed by atoms with E-state index in [1.807, 2.05) is 18.7 Å². The normalized spacial score (nSPS) is 11.4. The van der Waals surface area contributed by atoms with E-state index in [2.05, 4.69) is 0 Å². The van der Waals surface area contributed by atoms with Crippen molar-refractivity contribution in [2.24, 2.45) is 0 Å². The molecule has 1 aromatic rings. The zero-order valence-corrected chi connectivity index (χ0v) is 9.58. The number of halogens is 2. The van der Waals surface area contributed by atoms with Crippen molar-refractivity contribution in [2.45, 2.75) is 26.4 Å². The van der Waals surface area contributed by atoms with Gasteiger partial charge in [-0.2, -0.15) is 0 Å². The molecule has 16 heavy (non-hydrogen) atoms. The fraction of sp³-hybridized carbons (Fsp3) is 0.500. The predicted octanol–water partition coefficient (Wildman–Crippen LogP) is 2.17. The lowest BCUT2D eigenvalue weighted by molar-refractivity contribution is 0.158. The van der Waals surface area contributed by atoms with Crippen molar-refractivity contribution in [3.8, 4) is 0 Å². The third-order valence-electron chi connectivity index (χ3n) is 2.51. The van der Waals surface area contributed by atoms with Crippen molar-refractivity contribution < 1.29 is 13.9 Å². The maximum absolute atomic E-state index is 13.4. The molecule has 1 rings (SSSR count). The van der Waals surface area contributed by atoms with Crippen LogP contribution in [-0.4, -0.2) is 29.2 Å². The van der Waals surface area contributed by atoms with Crippen LogP contribution in [0.3, 0.4) is 0 Å². The Morgan fingerprint density at radius 3 is 2.50 bits per heavy atom. The Morgan fingerprint density at radius 2 is 2.00 bits per heavy atom. The second-order valence-corrected chi connectivity index (χ2v) is 4.02. The van der Waals surface area contributed by atoms with Gasteiger partial charge in [-0.15, -0.1) is 0 Å². The Labute approximate surface area is 94.5 Å². The van der Waals surface area contributed by atoms with E-state index in [9.17, 15) is 8.78 Å². The summed E-state index contributed by atoms with van der Waals surface area (Å²) in [5, 5.41) is 8.88. The first-order chi connectivity index (χ1) is 7.54. The third-order valence-corrected chi connectivity index (χ3v) is 2.51. The van der Waals surface area contributed by atoms with E-state index in [1.54, 1.807) is 0 Å². The van der Waals surface area contributed by atoms with Crippen LogP contribution >= 0.6 is 0 Å². The van der Waals surface area contributed by atoms with Crippen LogP contribution in [-0.2, 0) is 6.54 Å². The van der Waals surface area contributed by atoms with Crippen LogP contribution in [0.15, 0.2) is 18.2 Å². The molecule has 0 radical (unpaired) electrons. The summed E-state index contributed by atoms with van der Waals surface area (Å²) in [6, 6.07) is 3.77. The summed E-state index contributed by atoms with van der Waals surface area (Å²) < 4.78 is 26.1. The van der Waals surface area contributed by atoms with Gasteiger partial charge in [0.05, 0.1) is 6.61 Å². The standard InChI is InChI=1S/C12H17F2NO/c1-9(2)15(5-6-16)8-10-3-4-11(13)7-12(10)14/h3-4,7,9,16H,5-6,8H2,1-2H3. The molecule has 0 saturated heterocycles. The van der Waals surface area contributed by atoms with Crippen LogP contribution in [0, 0.1) is 11.6 Å². The van der Waals surface area contributed by atoms with E-state index >= 15 is 0 Å². The molecule has 0 aliphatic heterocycles. The molecule has 0 aromatic heterocycles. The van der Waals surface area contributed by atoms with Gasteiger partial charge in [0.15, 0.2) is 0 Å². The molecule has 0 atom stereocenters. The first kappa shape index (κ1) is 13.1. The highest BCUT2D eigenvalue weighted by Crippen LogP contribution is 2.13. The lowest BCUT2D eigenvalue weighted by Crippen LogP contribution is -2.33. The summed E-state index contributed by atoms with van der Waals surface area (Å²) in [6.45, 7) is 4.83. The van der Waals surface area contributed by atoms with E-state index in [-0.39, 0.29) is 12.6 Å². The minimum absolute atomic E-state index is 0.0288. The number of aliphatic hydroxyl groups excluding tert-OH is 1. The zero-order valence-electron chi connectivity index (χ0n) is 9.58. The molecule has 0 aliphatic carbocycles. The van der Waals surface area contributed by atoms with Gasteiger partial charge < -0.3 is 5.11 Å². The molecular weight excluding hydrogens is 212 g/mol. The molecule has 0 amide bonds. The van der Waals surface area contributed by atoms with Crippen molar-refractivity contribution in [3.63, 3.8) is 0 Å². The summed E-state index contributed by atoms with van der Waals surface area (Å²) >= 11 is 0. The van der Waals surface area contributed by atoms with Gasteiger partial charge >= 0.3 is 0 Å².